The van der Waals surface area contributed by atoms with Crippen molar-refractivity contribution in [2.24, 2.45) is 0 Å². The Bertz CT molecular complexity index is 638. The Hall–Kier alpha value is -2.90. The van der Waals surface area contributed by atoms with Gasteiger partial charge in [0.1, 0.15) is 0 Å². The molecule has 8 heteroatoms. The van der Waals surface area contributed by atoms with E-state index in [1.165, 1.54) is 12.1 Å². The number of para-hydroxylation sites is 1. The van der Waals surface area contributed by atoms with Gasteiger partial charge in [-0.25, -0.2) is 9.59 Å². The molecule has 2 aromatic rings. The Kier molecular flexibility index (Phi) is 3.94. The fourth-order valence-corrected chi connectivity index (χ4v) is 1.51. The number of carboxylic acid groups (broad SMARTS) is 1. The van der Waals surface area contributed by atoms with Crippen LogP contribution in [-0.2, 0) is 6.54 Å². The van der Waals surface area contributed by atoms with Crippen molar-refractivity contribution >= 4 is 17.7 Å². The van der Waals surface area contributed by atoms with Crippen LogP contribution >= 0.6 is 0 Å². The summed E-state index contributed by atoms with van der Waals surface area (Å²) in [6.07, 6.45) is 0. The molecule has 0 fully saturated rings. The van der Waals surface area contributed by atoms with Gasteiger partial charge in [-0.1, -0.05) is 17.3 Å². The minimum Gasteiger partial charge on any atom is -0.478 e. The Balaban J connectivity index is 1.96. The molecule has 0 spiro atoms. The molecule has 0 aliphatic carbocycles. The van der Waals surface area contributed by atoms with E-state index in [9.17, 15) is 9.59 Å². The van der Waals surface area contributed by atoms with Gasteiger partial charge in [0.2, 0.25) is 5.89 Å². The number of anilines is 1. The fourth-order valence-electron chi connectivity index (χ4n) is 1.51. The van der Waals surface area contributed by atoms with Gasteiger partial charge < -0.3 is 20.3 Å². The van der Waals surface area contributed by atoms with E-state index in [1.54, 1.807) is 19.1 Å². The van der Waals surface area contributed by atoms with Crippen molar-refractivity contribution in [1.82, 2.24) is 15.5 Å². The molecule has 0 saturated heterocycles. The number of nitrogens with zero attached hydrogens (tertiary/aromatic N) is 2. The number of rotatable bonds is 4. The summed E-state index contributed by atoms with van der Waals surface area (Å²) >= 11 is 0. The van der Waals surface area contributed by atoms with E-state index < -0.39 is 12.0 Å². The molecule has 2 rings (SSSR count). The van der Waals surface area contributed by atoms with Gasteiger partial charge in [-0.3, -0.25) is 0 Å². The van der Waals surface area contributed by atoms with Crippen LogP contribution in [0.2, 0.25) is 0 Å². The molecule has 0 radical (unpaired) electrons. The van der Waals surface area contributed by atoms with Gasteiger partial charge in [-0.15, -0.1) is 0 Å². The first kappa shape index (κ1) is 13.5. The Morgan fingerprint density at radius 3 is 2.75 bits per heavy atom. The molecular formula is C12H12N4O4. The number of nitrogens with one attached hydrogen (secondary N) is 2. The number of carbonyl (C=O) groups is 2. The predicted molar refractivity (Wildman–Crippen MR) is 68.3 cm³/mol. The minimum atomic E-state index is -1.12. The maximum absolute atomic E-state index is 11.7. The van der Waals surface area contributed by atoms with Crippen molar-refractivity contribution in [2.45, 2.75) is 13.5 Å². The average Bonchev–Trinajstić information content (AvgIpc) is 2.83. The van der Waals surface area contributed by atoms with Crippen LogP contribution in [0.1, 0.15) is 22.1 Å². The summed E-state index contributed by atoms with van der Waals surface area (Å²) in [4.78, 5) is 26.6. The van der Waals surface area contributed by atoms with Crippen LogP contribution in [0.5, 0.6) is 0 Å². The van der Waals surface area contributed by atoms with Crippen LogP contribution in [0.15, 0.2) is 28.8 Å². The molecule has 0 bridgehead atoms. The lowest BCUT2D eigenvalue weighted by atomic mass is 10.2. The second-order valence-corrected chi connectivity index (χ2v) is 3.89. The third kappa shape index (κ3) is 3.31. The molecule has 3 N–H and O–H groups in total. The molecule has 2 amide bonds. The Morgan fingerprint density at radius 1 is 1.35 bits per heavy atom. The summed E-state index contributed by atoms with van der Waals surface area (Å²) < 4.78 is 4.83. The zero-order chi connectivity index (χ0) is 14.5. The zero-order valence-corrected chi connectivity index (χ0v) is 10.6. The molecule has 8 nitrogen and oxygen atoms in total. The van der Waals surface area contributed by atoms with Crippen molar-refractivity contribution in [1.29, 1.82) is 0 Å². The SMILES string of the molecule is Cc1noc(CNC(=O)Nc2ccccc2C(=O)O)n1. The van der Waals surface area contributed by atoms with Gasteiger partial charge in [-0.05, 0) is 19.1 Å². The first-order chi connectivity index (χ1) is 9.56. The molecule has 1 aromatic carbocycles. The molecule has 0 unspecified atom stereocenters. The highest BCUT2D eigenvalue weighted by Gasteiger charge is 2.12. The van der Waals surface area contributed by atoms with Crippen LogP contribution in [-0.4, -0.2) is 27.2 Å². The number of urea groups is 1. The van der Waals surface area contributed by atoms with E-state index in [-0.39, 0.29) is 23.7 Å². The van der Waals surface area contributed by atoms with Crippen molar-refractivity contribution in [2.75, 3.05) is 5.32 Å². The van der Waals surface area contributed by atoms with Crippen LogP contribution in [0, 0.1) is 6.92 Å². The number of amides is 2. The van der Waals surface area contributed by atoms with Crippen LogP contribution in [0.25, 0.3) is 0 Å². The summed E-state index contributed by atoms with van der Waals surface area (Å²) in [5, 5.41) is 17.5. The number of hydrogen-bond acceptors (Lipinski definition) is 5. The quantitative estimate of drug-likeness (QED) is 0.776. The molecule has 20 heavy (non-hydrogen) atoms. The molecule has 1 aromatic heterocycles. The van der Waals surface area contributed by atoms with E-state index >= 15 is 0 Å². The largest absolute Gasteiger partial charge is 0.478 e. The molecule has 0 aliphatic heterocycles. The summed E-state index contributed by atoms with van der Waals surface area (Å²) in [6, 6.07) is 5.55. The highest BCUT2D eigenvalue weighted by molar-refractivity contribution is 5.99. The molecule has 104 valence electrons. The number of carboxylic acids is 1. The number of aromatic nitrogens is 2. The van der Waals surface area contributed by atoms with Crippen LogP contribution in [0.3, 0.4) is 0 Å². The van der Waals surface area contributed by atoms with Gasteiger partial charge >= 0.3 is 12.0 Å². The summed E-state index contributed by atoms with van der Waals surface area (Å²) in [5.74, 6) is -0.379. The molecule has 0 aliphatic rings. The van der Waals surface area contributed by atoms with Crippen LogP contribution in [0.4, 0.5) is 10.5 Å². The highest BCUT2D eigenvalue weighted by Crippen LogP contribution is 2.14. The lowest BCUT2D eigenvalue weighted by Gasteiger charge is -2.08. The average molecular weight is 276 g/mol. The monoisotopic (exact) mass is 276 g/mol. The van der Waals surface area contributed by atoms with Crippen LogP contribution < -0.4 is 10.6 Å². The summed E-state index contributed by atoms with van der Waals surface area (Å²) in [7, 11) is 0. The van der Waals surface area contributed by atoms with Crippen molar-refractivity contribution in [3.8, 4) is 0 Å². The topological polar surface area (TPSA) is 117 Å². The number of aryl methyl sites for hydroxylation is 1. The smallest absolute Gasteiger partial charge is 0.337 e. The minimum absolute atomic E-state index is 0.0104. The number of aromatic carboxylic acids is 1. The number of hydrogen-bond donors (Lipinski definition) is 3. The lowest BCUT2D eigenvalue weighted by molar-refractivity contribution is 0.0698. The maximum Gasteiger partial charge on any atom is 0.337 e. The normalized spacial score (nSPS) is 10.1. The summed E-state index contributed by atoms with van der Waals surface area (Å²) in [5.41, 5.74) is 0.218. The molecular weight excluding hydrogens is 264 g/mol. The highest BCUT2D eigenvalue weighted by atomic mass is 16.5. The van der Waals surface area contributed by atoms with Gasteiger partial charge in [-0.2, -0.15) is 4.98 Å². The van der Waals surface area contributed by atoms with Gasteiger partial charge in [0, 0.05) is 0 Å². The van der Waals surface area contributed by atoms with E-state index in [2.05, 4.69) is 20.8 Å². The third-order valence-corrected chi connectivity index (χ3v) is 2.38. The van der Waals surface area contributed by atoms with E-state index in [0.29, 0.717) is 5.82 Å². The molecule has 1 heterocycles. The van der Waals surface area contributed by atoms with Crippen molar-refractivity contribution in [3.05, 3.63) is 41.5 Å². The first-order valence-electron chi connectivity index (χ1n) is 5.72. The second-order valence-electron chi connectivity index (χ2n) is 3.89. The Morgan fingerprint density at radius 2 is 2.10 bits per heavy atom. The molecule has 0 atom stereocenters. The lowest BCUT2D eigenvalue weighted by Crippen LogP contribution is -2.29. The summed E-state index contributed by atoms with van der Waals surface area (Å²) in [6.45, 7) is 1.72. The maximum atomic E-state index is 11.7. The zero-order valence-electron chi connectivity index (χ0n) is 10.6. The number of benzene rings is 1. The second kappa shape index (κ2) is 5.83. The predicted octanol–water partition coefficient (Wildman–Crippen LogP) is 1.40. The fraction of sp³-hybridized carbons (Fsp3) is 0.167. The van der Waals surface area contributed by atoms with E-state index in [4.69, 9.17) is 9.63 Å². The van der Waals surface area contributed by atoms with Gasteiger partial charge in [0.25, 0.3) is 0 Å². The first-order valence-corrected chi connectivity index (χ1v) is 5.72. The van der Waals surface area contributed by atoms with E-state index in [0.717, 1.165) is 0 Å². The van der Waals surface area contributed by atoms with Crippen molar-refractivity contribution in [3.63, 3.8) is 0 Å². The molecule has 0 saturated carbocycles. The van der Waals surface area contributed by atoms with Gasteiger partial charge in [0.05, 0.1) is 17.8 Å². The van der Waals surface area contributed by atoms with E-state index in [1.807, 2.05) is 0 Å². The number of carbonyl (C=O) groups excluding carboxylic acids is 1. The Labute approximate surface area is 113 Å². The third-order valence-electron chi connectivity index (χ3n) is 2.38. The van der Waals surface area contributed by atoms with Crippen molar-refractivity contribution < 1.29 is 19.2 Å². The van der Waals surface area contributed by atoms with Gasteiger partial charge in [0.15, 0.2) is 5.82 Å². The standard InChI is InChI=1S/C12H12N4O4/c1-7-14-10(20-16-7)6-13-12(19)15-9-5-3-2-4-8(9)11(17)18/h2-5H,6H2,1H3,(H,17,18)(H2,13,15,19).